The minimum Gasteiger partial charge on any atom is -0.468 e. The Bertz CT molecular complexity index is 310. The van der Waals surface area contributed by atoms with E-state index in [2.05, 4.69) is 24.1 Å². The molecule has 3 nitrogen and oxygen atoms in total. The van der Waals surface area contributed by atoms with Crippen LogP contribution in [0.2, 0.25) is 0 Å². The number of nitrogens with one attached hydrogen (secondary N) is 1. The van der Waals surface area contributed by atoms with Crippen molar-refractivity contribution in [2.24, 2.45) is 5.92 Å². The molecule has 0 bridgehead atoms. The van der Waals surface area contributed by atoms with Crippen LogP contribution in [0.25, 0.3) is 0 Å². The van der Waals surface area contributed by atoms with Crippen molar-refractivity contribution in [2.75, 3.05) is 19.6 Å². The highest BCUT2D eigenvalue weighted by atomic mass is 16.3. The summed E-state index contributed by atoms with van der Waals surface area (Å²) in [5, 5.41) is 3.46. The van der Waals surface area contributed by atoms with E-state index in [-0.39, 0.29) is 0 Å². The minimum absolute atomic E-state index is 0.626. The molecular weight excluding hydrogens is 212 g/mol. The van der Waals surface area contributed by atoms with E-state index in [1.54, 1.807) is 6.26 Å². The molecule has 1 aromatic rings. The van der Waals surface area contributed by atoms with Crippen molar-refractivity contribution < 1.29 is 4.42 Å². The van der Waals surface area contributed by atoms with Gasteiger partial charge in [0.25, 0.3) is 0 Å². The van der Waals surface area contributed by atoms with Crippen LogP contribution in [0.5, 0.6) is 0 Å². The molecule has 1 aromatic heterocycles. The first-order chi connectivity index (χ1) is 8.29. The third kappa shape index (κ3) is 3.58. The first kappa shape index (κ1) is 12.7. The lowest BCUT2D eigenvalue weighted by Gasteiger charge is -2.24. The molecule has 2 heterocycles. The predicted molar refractivity (Wildman–Crippen MR) is 69.8 cm³/mol. The smallest absolute Gasteiger partial charge is 0.117 e. The van der Waals surface area contributed by atoms with E-state index in [4.69, 9.17) is 4.42 Å². The van der Waals surface area contributed by atoms with Crippen molar-refractivity contribution in [3.05, 3.63) is 24.2 Å². The zero-order valence-corrected chi connectivity index (χ0v) is 11.0. The number of nitrogens with zero attached hydrogens (tertiary/aromatic N) is 1. The van der Waals surface area contributed by atoms with E-state index in [1.165, 1.54) is 25.9 Å². The molecular formula is C14H24N2O. The molecule has 1 saturated heterocycles. The topological polar surface area (TPSA) is 28.4 Å². The summed E-state index contributed by atoms with van der Waals surface area (Å²) in [6, 6.07) is 4.58. The third-order valence-corrected chi connectivity index (χ3v) is 3.84. The molecule has 2 unspecified atom stereocenters. The molecule has 1 aliphatic rings. The third-order valence-electron chi connectivity index (χ3n) is 3.84. The predicted octanol–water partition coefficient (Wildman–Crippen LogP) is 2.49. The summed E-state index contributed by atoms with van der Waals surface area (Å²) in [5.41, 5.74) is 0. The molecule has 2 rings (SSSR count). The molecule has 0 spiro atoms. The molecule has 1 fully saturated rings. The van der Waals surface area contributed by atoms with Gasteiger partial charge in [-0.2, -0.15) is 0 Å². The SMILES string of the molecule is CCC1CCN(C(C)CNCc2ccco2)C1. The largest absolute Gasteiger partial charge is 0.468 e. The average molecular weight is 236 g/mol. The lowest BCUT2D eigenvalue weighted by molar-refractivity contribution is 0.240. The van der Waals surface area contributed by atoms with Crippen LogP contribution in [0, 0.1) is 5.92 Å². The second kappa shape index (κ2) is 6.22. The van der Waals surface area contributed by atoms with Crippen LogP contribution in [-0.4, -0.2) is 30.6 Å². The fourth-order valence-electron chi connectivity index (χ4n) is 2.54. The Morgan fingerprint density at radius 3 is 3.12 bits per heavy atom. The second-order valence-corrected chi connectivity index (χ2v) is 5.12. The molecule has 96 valence electrons. The van der Waals surface area contributed by atoms with Crippen LogP contribution in [0.3, 0.4) is 0 Å². The Morgan fingerprint density at radius 1 is 1.59 bits per heavy atom. The van der Waals surface area contributed by atoms with Crippen LogP contribution in [0.15, 0.2) is 22.8 Å². The molecule has 1 N–H and O–H groups in total. The number of likely N-dealkylation sites (tertiary alicyclic amines) is 1. The van der Waals surface area contributed by atoms with Crippen LogP contribution < -0.4 is 5.32 Å². The molecule has 0 saturated carbocycles. The van der Waals surface area contributed by atoms with Gasteiger partial charge in [0.2, 0.25) is 0 Å². The fourth-order valence-corrected chi connectivity index (χ4v) is 2.54. The molecule has 0 radical (unpaired) electrons. The van der Waals surface area contributed by atoms with Gasteiger partial charge < -0.3 is 9.73 Å². The first-order valence-electron chi connectivity index (χ1n) is 6.76. The minimum atomic E-state index is 0.626. The van der Waals surface area contributed by atoms with Crippen molar-refractivity contribution in [1.82, 2.24) is 10.2 Å². The molecule has 0 amide bonds. The zero-order chi connectivity index (χ0) is 12.1. The number of rotatable bonds is 6. The van der Waals surface area contributed by atoms with E-state index in [0.717, 1.165) is 24.8 Å². The van der Waals surface area contributed by atoms with Crippen molar-refractivity contribution >= 4 is 0 Å². The molecule has 17 heavy (non-hydrogen) atoms. The maximum absolute atomic E-state index is 5.30. The standard InChI is InChI=1S/C14H24N2O/c1-3-13-6-7-16(11-13)12(2)9-15-10-14-5-4-8-17-14/h4-5,8,12-13,15H,3,6-7,9-11H2,1-2H3. The summed E-state index contributed by atoms with van der Waals surface area (Å²) in [6.07, 6.45) is 4.43. The lowest BCUT2D eigenvalue weighted by atomic mass is 10.1. The van der Waals surface area contributed by atoms with Gasteiger partial charge in [0, 0.05) is 19.1 Å². The average Bonchev–Trinajstić information content (AvgIpc) is 2.99. The Balaban J connectivity index is 1.65. The van der Waals surface area contributed by atoms with Gasteiger partial charge >= 0.3 is 0 Å². The van der Waals surface area contributed by atoms with Crippen LogP contribution >= 0.6 is 0 Å². The van der Waals surface area contributed by atoms with Gasteiger partial charge in [-0.25, -0.2) is 0 Å². The van der Waals surface area contributed by atoms with E-state index in [1.807, 2.05) is 12.1 Å². The van der Waals surface area contributed by atoms with Crippen LogP contribution in [0.4, 0.5) is 0 Å². The highest BCUT2D eigenvalue weighted by Crippen LogP contribution is 2.20. The van der Waals surface area contributed by atoms with Gasteiger partial charge in [0.15, 0.2) is 0 Å². The highest BCUT2D eigenvalue weighted by molar-refractivity contribution is 4.97. The Hall–Kier alpha value is -0.800. The Kier molecular flexibility index (Phi) is 4.63. The number of hydrogen-bond donors (Lipinski definition) is 1. The van der Waals surface area contributed by atoms with Gasteiger partial charge in [-0.15, -0.1) is 0 Å². The Morgan fingerprint density at radius 2 is 2.47 bits per heavy atom. The number of furan rings is 1. The van der Waals surface area contributed by atoms with Gasteiger partial charge in [0.05, 0.1) is 12.8 Å². The second-order valence-electron chi connectivity index (χ2n) is 5.12. The molecule has 1 aliphatic heterocycles. The first-order valence-corrected chi connectivity index (χ1v) is 6.76. The van der Waals surface area contributed by atoms with E-state index < -0.39 is 0 Å². The van der Waals surface area contributed by atoms with E-state index in [9.17, 15) is 0 Å². The van der Waals surface area contributed by atoms with Crippen molar-refractivity contribution in [3.8, 4) is 0 Å². The van der Waals surface area contributed by atoms with Crippen molar-refractivity contribution in [3.63, 3.8) is 0 Å². The Labute approximate surface area is 104 Å². The van der Waals surface area contributed by atoms with Gasteiger partial charge in [-0.05, 0) is 37.9 Å². The lowest BCUT2D eigenvalue weighted by Crippen LogP contribution is -2.38. The van der Waals surface area contributed by atoms with Crippen molar-refractivity contribution in [1.29, 1.82) is 0 Å². The fraction of sp³-hybridized carbons (Fsp3) is 0.714. The molecule has 0 aromatic carbocycles. The van der Waals surface area contributed by atoms with E-state index >= 15 is 0 Å². The summed E-state index contributed by atoms with van der Waals surface area (Å²) in [4.78, 5) is 2.60. The molecule has 3 heteroatoms. The van der Waals surface area contributed by atoms with Crippen LogP contribution in [-0.2, 0) is 6.54 Å². The monoisotopic (exact) mass is 236 g/mol. The van der Waals surface area contributed by atoms with Gasteiger partial charge in [-0.3, -0.25) is 4.90 Å². The van der Waals surface area contributed by atoms with Crippen molar-refractivity contribution in [2.45, 2.75) is 39.3 Å². The summed E-state index contributed by atoms with van der Waals surface area (Å²) in [5.74, 6) is 1.94. The quantitative estimate of drug-likeness (QED) is 0.822. The summed E-state index contributed by atoms with van der Waals surface area (Å²) in [6.45, 7) is 9.03. The zero-order valence-electron chi connectivity index (χ0n) is 11.0. The normalized spacial score (nSPS) is 23.1. The van der Waals surface area contributed by atoms with Gasteiger partial charge in [-0.1, -0.05) is 13.3 Å². The summed E-state index contributed by atoms with van der Waals surface area (Å²) in [7, 11) is 0. The maximum atomic E-state index is 5.30. The number of hydrogen-bond acceptors (Lipinski definition) is 3. The highest BCUT2D eigenvalue weighted by Gasteiger charge is 2.24. The van der Waals surface area contributed by atoms with E-state index in [0.29, 0.717) is 6.04 Å². The molecule has 2 atom stereocenters. The molecule has 0 aliphatic carbocycles. The maximum Gasteiger partial charge on any atom is 0.117 e. The summed E-state index contributed by atoms with van der Waals surface area (Å²) < 4.78 is 5.30. The van der Waals surface area contributed by atoms with Crippen LogP contribution in [0.1, 0.15) is 32.4 Å². The van der Waals surface area contributed by atoms with Gasteiger partial charge in [0.1, 0.15) is 5.76 Å². The summed E-state index contributed by atoms with van der Waals surface area (Å²) >= 11 is 0.